The number of hydrogen-bond acceptors (Lipinski definition) is 3. The summed E-state index contributed by atoms with van der Waals surface area (Å²) in [5, 5.41) is 7.56. The Morgan fingerprint density at radius 2 is 2.10 bits per heavy atom. The third-order valence-corrected chi connectivity index (χ3v) is 3.32. The van der Waals surface area contributed by atoms with Crippen molar-refractivity contribution in [2.75, 3.05) is 0 Å². The Kier molecular flexibility index (Phi) is 4.58. The molecule has 0 radical (unpaired) electrons. The first-order chi connectivity index (χ1) is 9.99. The molecule has 3 N–H and O–H groups in total. The molecule has 4 heteroatoms. The summed E-state index contributed by atoms with van der Waals surface area (Å²) in [4.78, 5) is 4.14. The van der Waals surface area contributed by atoms with E-state index in [-0.39, 0.29) is 5.84 Å². The number of aryl methyl sites for hydroxylation is 1. The molecule has 0 aliphatic heterocycles. The minimum Gasteiger partial charge on any atom is -0.489 e. The quantitative estimate of drug-likeness (QED) is 0.652. The number of nitrogens with zero attached hydrogens (tertiary/aromatic N) is 1. The predicted octanol–water partition coefficient (Wildman–Crippen LogP) is 3.38. The molecule has 2 aromatic rings. The summed E-state index contributed by atoms with van der Waals surface area (Å²) in [5.74, 6) is 1.23. The van der Waals surface area contributed by atoms with Gasteiger partial charge in [-0.25, -0.2) is 0 Å². The Labute approximate surface area is 125 Å². The largest absolute Gasteiger partial charge is 0.489 e. The molecule has 1 aromatic carbocycles. The fourth-order valence-corrected chi connectivity index (χ4v) is 2.20. The molecule has 1 aromatic heterocycles. The monoisotopic (exact) mass is 283 g/mol. The molecular formula is C17H21N3O. The van der Waals surface area contributed by atoms with Gasteiger partial charge in [-0.15, -0.1) is 0 Å². The standard InChI is InChI=1S/C17H21N3O/c1-11(2)14-7-6-12(3)9-15(14)21-10-13-5-4-8-20-16(13)17(18)19/h4-9,11H,10H2,1-3H3,(H3,18,19). The Bertz CT molecular complexity index is 650. The van der Waals surface area contributed by atoms with E-state index in [4.69, 9.17) is 15.9 Å². The van der Waals surface area contributed by atoms with Gasteiger partial charge in [0.1, 0.15) is 23.9 Å². The van der Waals surface area contributed by atoms with Crippen LogP contribution >= 0.6 is 0 Å². The Hall–Kier alpha value is -2.36. The highest BCUT2D eigenvalue weighted by molar-refractivity contribution is 5.94. The summed E-state index contributed by atoms with van der Waals surface area (Å²) in [7, 11) is 0. The highest BCUT2D eigenvalue weighted by atomic mass is 16.5. The highest BCUT2D eigenvalue weighted by Crippen LogP contribution is 2.28. The van der Waals surface area contributed by atoms with Crippen molar-refractivity contribution in [3.8, 4) is 5.75 Å². The molecule has 21 heavy (non-hydrogen) atoms. The maximum Gasteiger partial charge on any atom is 0.142 e. The second kappa shape index (κ2) is 6.39. The van der Waals surface area contributed by atoms with Gasteiger partial charge in [-0.2, -0.15) is 0 Å². The van der Waals surface area contributed by atoms with Crippen molar-refractivity contribution in [2.45, 2.75) is 33.3 Å². The molecule has 0 spiro atoms. The van der Waals surface area contributed by atoms with Crippen LogP contribution in [0.25, 0.3) is 0 Å². The smallest absolute Gasteiger partial charge is 0.142 e. The van der Waals surface area contributed by atoms with Crippen molar-refractivity contribution < 1.29 is 4.74 Å². The number of nitrogens with two attached hydrogens (primary N) is 1. The minimum atomic E-state index is -0.0393. The molecule has 0 aliphatic rings. The number of pyridine rings is 1. The van der Waals surface area contributed by atoms with Crippen LogP contribution in [0.1, 0.15) is 42.1 Å². The van der Waals surface area contributed by atoms with E-state index in [1.807, 2.05) is 25.1 Å². The lowest BCUT2D eigenvalue weighted by Gasteiger charge is -2.15. The normalized spacial score (nSPS) is 10.7. The first kappa shape index (κ1) is 15.0. The number of amidine groups is 1. The van der Waals surface area contributed by atoms with Crippen molar-refractivity contribution in [2.24, 2.45) is 5.73 Å². The van der Waals surface area contributed by atoms with E-state index < -0.39 is 0 Å². The van der Waals surface area contributed by atoms with Crippen LogP contribution in [0.15, 0.2) is 36.5 Å². The number of rotatable bonds is 5. The van der Waals surface area contributed by atoms with Crippen molar-refractivity contribution in [1.82, 2.24) is 4.98 Å². The first-order valence-electron chi connectivity index (χ1n) is 7.00. The highest BCUT2D eigenvalue weighted by Gasteiger charge is 2.11. The van der Waals surface area contributed by atoms with E-state index in [1.165, 1.54) is 5.56 Å². The third kappa shape index (κ3) is 3.60. The first-order valence-corrected chi connectivity index (χ1v) is 7.00. The maximum absolute atomic E-state index is 7.56. The molecule has 0 fully saturated rings. The van der Waals surface area contributed by atoms with Gasteiger partial charge in [0.25, 0.3) is 0 Å². The van der Waals surface area contributed by atoms with Crippen molar-refractivity contribution in [3.05, 3.63) is 58.9 Å². The SMILES string of the molecule is Cc1ccc(C(C)C)c(OCc2cccnc2C(=N)N)c1. The van der Waals surface area contributed by atoms with Gasteiger partial charge in [-0.05, 0) is 36.1 Å². The molecule has 0 saturated heterocycles. The van der Waals surface area contributed by atoms with Gasteiger partial charge in [-0.1, -0.05) is 32.0 Å². The Morgan fingerprint density at radius 1 is 1.33 bits per heavy atom. The van der Waals surface area contributed by atoms with E-state index in [9.17, 15) is 0 Å². The van der Waals surface area contributed by atoms with Crippen LogP contribution in [0.5, 0.6) is 5.75 Å². The van der Waals surface area contributed by atoms with Crippen molar-refractivity contribution in [1.29, 1.82) is 5.41 Å². The van der Waals surface area contributed by atoms with E-state index in [0.29, 0.717) is 18.2 Å². The summed E-state index contributed by atoms with van der Waals surface area (Å²) < 4.78 is 5.96. The second-order valence-electron chi connectivity index (χ2n) is 5.41. The minimum absolute atomic E-state index is 0.0393. The van der Waals surface area contributed by atoms with Crippen LogP contribution in [0, 0.1) is 12.3 Å². The van der Waals surface area contributed by atoms with E-state index in [2.05, 4.69) is 31.0 Å². The molecule has 0 unspecified atom stereocenters. The van der Waals surface area contributed by atoms with Crippen molar-refractivity contribution >= 4 is 5.84 Å². The topological polar surface area (TPSA) is 72.0 Å². The lowest BCUT2D eigenvalue weighted by atomic mass is 10.0. The number of nitrogens with one attached hydrogen (secondary N) is 1. The number of benzene rings is 1. The molecule has 0 atom stereocenters. The Morgan fingerprint density at radius 3 is 2.76 bits per heavy atom. The fraction of sp³-hybridized carbons (Fsp3) is 0.294. The van der Waals surface area contributed by atoms with Crippen LogP contribution in [-0.4, -0.2) is 10.8 Å². The summed E-state index contributed by atoms with van der Waals surface area (Å²) in [6.45, 7) is 6.68. The lowest BCUT2D eigenvalue weighted by Crippen LogP contribution is -2.16. The molecule has 0 amide bonds. The number of hydrogen-bond donors (Lipinski definition) is 2. The zero-order valence-electron chi connectivity index (χ0n) is 12.7. The molecule has 0 bridgehead atoms. The lowest BCUT2D eigenvalue weighted by molar-refractivity contribution is 0.301. The average Bonchev–Trinajstić information content (AvgIpc) is 2.45. The number of ether oxygens (including phenoxy) is 1. The van der Waals surface area contributed by atoms with Gasteiger partial charge in [0, 0.05) is 11.8 Å². The zero-order chi connectivity index (χ0) is 15.4. The molecule has 4 nitrogen and oxygen atoms in total. The van der Waals surface area contributed by atoms with Gasteiger partial charge in [0.05, 0.1) is 0 Å². The third-order valence-electron chi connectivity index (χ3n) is 3.32. The zero-order valence-corrected chi connectivity index (χ0v) is 12.7. The second-order valence-corrected chi connectivity index (χ2v) is 5.41. The molecule has 0 aliphatic carbocycles. The van der Waals surface area contributed by atoms with E-state index >= 15 is 0 Å². The van der Waals surface area contributed by atoms with Crippen LogP contribution in [0.4, 0.5) is 0 Å². The molecule has 0 saturated carbocycles. The molecule has 1 heterocycles. The van der Waals surface area contributed by atoms with Crippen LogP contribution in [0.3, 0.4) is 0 Å². The summed E-state index contributed by atoms with van der Waals surface area (Å²) in [6, 6.07) is 9.94. The van der Waals surface area contributed by atoms with Crippen molar-refractivity contribution in [3.63, 3.8) is 0 Å². The van der Waals surface area contributed by atoms with Gasteiger partial charge in [0.15, 0.2) is 0 Å². The predicted molar refractivity (Wildman–Crippen MR) is 84.9 cm³/mol. The van der Waals surface area contributed by atoms with Crippen LogP contribution in [0.2, 0.25) is 0 Å². The molecule has 2 rings (SSSR count). The molecule has 110 valence electrons. The number of aromatic nitrogens is 1. The van der Waals surface area contributed by atoms with Gasteiger partial charge >= 0.3 is 0 Å². The number of nitrogen functional groups attached to an aromatic ring is 1. The van der Waals surface area contributed by atoms with E-state index in [1.54, 1.807) is 6.20 Å². The van der Waals surface area contributed by atoms with E-state index in [0.717, 1.165) is 16.9 Å². The van der Waals surface area contributed by atoms with Gasteiger partial charge in [0.2, 0.25) is 0 Å². The maximum atomic E-state index is 7.56. The van der Waals surface area contributed by atoms with Crippen LogP contribution in [-0.2, 0) is 6.61 Å². The molecular weight excluding hydrogens is 262 g/mol. The fourth-order valence-electron chi connectivity index (χ4n) is 2.20. The average molecular weight is 283 g/mol. The van der Waals surface area contributed by atoms with Gasteiger partial charge < -0.3 is 10.5 Å². The van der Waals surface area contributed by atoms with Crippen LogP contribution < -0.4 is 10.5 Å². The van der Waals surface area contributed by atoms with Gasteiger partial charge in [-0.3, -0.25) is 10.4 Å². The summed E-state index contributed by atoms with van der Waals surface area (Å²) in [6.07, 6.45) is 1.63. The summed E-state index contributed by atoms with van der Waals surface area (Å²) >= 11 is 0. The Balaban J connectivity index is 2.24. The summed E-state index contributed by atoms with van der Waals surface area (Å²) in [5.41, 5.74) is 9.19.